The summed E-state index contributed by atoms with van der Waals surface area (Å²) in [5.41, 5.74) is 2.10. The molecule has 16 heavy (non-hydrogen) atoms. The minimum absolute atomic E-state index is 0.193. The van der Waals surface area contributed by atoms with Crippen molar-refractivity contribution in [3.05, 3.63) is 23.8 Å². The van der Waals surface area contributed by atoms with Gasteiger partial charge >= 0.3 is 5.97 Å². The first-order valence-electron chi connectivity index (χ1n) is 5.48. The first-order valence-corrected chi connectivity index (χ1v) is 5.48. The number of quaternary nitrogens is 1. The van der Waals surface area contributed by atoms with Crippen LogP contribution in [0, 0.1) is 6.92 Å². The van der Waals surface area contributed by atoms with Crippen molar-refractivity contribution < 1.29 is 9.53 Å². The molecule has 0 amide bonds. The molecule has 0 radical (unpaired) electrons. The minimum Gasteiger partial charge on any atom is -0.426 e. The van der Waals surface area contributed by atoms with Crippen molar-refractivity contribution in [2.75, 3.05) is 21.1 Å². The van der Waals surface area contributed by atoms with Gasteiger partial charge in [-0.25, -0.2) is 0 Å². The van der Waals surface area contributed by atoms with Gasteiger partial charge in [0.15, 0.2) is 0 Å². The molecule has 0 atom stereocenters. The Morgan fingerprint density at radius 3 is 2.44 bits per heavy atom. The molecule has 0 saturated heterocycles. The molecule has 1 aromatic rings. The standard InChI is InChI=1S/C13H20NO2/c1-6-13(15)16-12-9-11(14(3,4)5)8-7-10(12)2/h7-9H,6H2,1-5H3/q+1. The number of carbonyl (C=O) groups is 1. The highest BCUT2D eigenvalue weighted by molar-refractivity contribution is 5.73. The average Bonchev–Trinajstić information content (AvgIpc) is 2.19. The van der Waals surface area contributed by atoms with Crippen LogP contribution in [-0.4, -0.2) is 27.1 Å². The average molecular weight is 222 g/mol. The van der Waals surface area contributed by atoms with Gasteiger partial charge in [0.2, 0.25) is 0 Å². The first kappa shape index (κ1) is 12.7. The molecule has 1 rings (SSSR count). The molecule has 0 spiro atoms. The largest absolute Gasteiger partial charge is 0.426 e. The van der Waals surface area contributed by atoms with E-state index in [0.717, 1.165) is 11.3 Å². The maximum atomic E-state index is 11.3. The van der Waals surface area contributed by atoms with Gasteiger partial charge in [-0.2, -0.15) is 0 Å². The third-order valence-electron chi connectivity index (χ3n) is 2.46. The zero-order valence-corrected chi connectivity index (χ0v) is 10.7. The maximum Gasteiger partial charge on any atom is 0.310 e. The summed E-state index contributed by atoms with van der Waals surface area (Å²) in [6.07, 6.45) is 0.397. The third-order valence-corrected chi connectivity index (χ3v) is 2.46. The van der Waals surface area contributed by atoms with Crippen molar-refractivity contribution in [3.63, 3.8) is 0 Å². The molecular weight excluding hydrogens is 202 g/mol. The Morgan fingerprint density at radius 1 is 1.31 bits per heavy atom. The van der Waals surface area contributed by atoms with Crippen LogP contribution in [0.25, 0.3) is 0 Å². The van der Waals surface area contributed by atoms with Crippen molar-refractivity contribution in [2.45, 2.75) is 20.3 Å². The van der Waals surface area contributed by atoms with Crippen LogP contribution in [0.15, 0.2) is 18.2 Å². The van der Waals surface area contributed by atoms with Crippen LogP contribution >= 0.6 is 0 Å². The number of hydrogen-bond donors (Lipinski definition) is 0. The lowest BCUT2D eigenvalue weighted by molar-refractivity contribution is -0.134. The molecule has 0 aliphatic rings. The van der Waals surface area contributed by atoms with Gasteiger partial charge in [0.25, 0.3) is 0 Å². The summed E-state index contributed by atoms with van der Waals surface area (Å²) in [5, 5.41) is 0. The molecule has 0 aliphatic heterocycles. The van der Waals surface area contributed by atoms with Gasteiger partial charge in [-0.1, -0.05) is 6.92 Å². The number of aryl methyl sites for hydroxylation is 1. The predicted octanol–water partition coefficient (Wildman–Crippen LogP) is 2.51. The monoisotopic (exact) mass is 222 g/mol. The van der Waals surface area contributed by atoms with Crippen LogP contribution in [0.5, 0.6) is 5.75 Å². The van der Waals surface area contributed by atoms with E-state index in [-0.39, 0.29) is 5.97 Å². The zero-order valence-electron chi connectivity index (χ0n) is 10.7. The van der Waals surface area contributed by atoms with E-state index in [9.17, 15) is 4.79 Å². The second-order valence-corrected chi connectivity index (χ2v) is 4.79. The summed E-state index contributed by atoms with van der Waals surface area (Å²) in [5.74, 6) is 0.471. The van der Waals surface area contributed by atoms with Crippen LogP contribution in [0.4, 0.5) is 5.69 Å². The van der Waals surface area contributed by atoms with E-state index in [4.69, 9.17) is 4.74 Å². The normalized spacial score (nSPS) is 11.3. The van der Waals surface area contributed by atoms with Crippen molar-refractivity contribution in [1.82, 2.24) is 4.48 Å². The molecule has 0 saturated carbocycles. The van der Waals surface area contributed by atoms with Gasteiger partial charge in [0, 0.05) is 12.5 Å². The summed E-state index contributed by atoms with van der Waals surface area (Å²) < 4.78 is 5.99. The number of benzene rings is 1. The molecule has 0 N–H and O–H groups in total. The lowest BCUT2D eigenvalue weighted by Crippen LogP contribution is -2.34. The lowest BCUT2D eigenvalue weighted by atomic mass is 10.2. The molecule has 0 fully saturated rings. The van der Waals surface area contributed by atoms with E-state index in [1.54, 1.807) is 6.92 Å². The Labute approximate surface area is 97.2 Å². The Bertz CT molecular complexity index is 391. The molecule has 3 heteroatoms. The number of esters is 1. The van der Waals surface area contributed by atoms with E-state index in [2.05, 4.69) is 27.2 Å². The fraction of sp³-hybridized carbons (Fsp3) is 0.462. The predicted molar refractivity (Wildman–Crippen MR) is 66.7 cm³/mol. The Balaban J connectivity index is 3.04. The van der Waals surface area contributed by atoms with Crippen LogP contribution in [0.3, 0.4) is 0 Å². The third kappa shape index (κ3) is 3.07. The fourth-order valence-electron chi connectivity index (χ4n) is 1.31. The van der Waals surface area contributed by atoms with Gasteiger partial charge in [0.1, 0.15) is 11.4 Å². The maximum absolute atomic E-state index is 11.3. The lowest BCUT2D eigenvalue weighted by Gasteiger charge is -2.24. The topological polar surface area (TPSA) is 26.3 Å². The molecule has 0 aliphatic carbocycles. The number of ether oxygens (including phenoxy) is 1. The molecule has 0 heterocycles. The summed E-state index contributed by atoms with van der Waals surface area (Å²) in [6, 6.07) is 5.97. The second-order valence-electron chi connectivity index (χ2n) is 4.79. The second kappa shape index (κ2) is 4.66. The van der Waals surface area contributed by atoms with Gasteiger partial charge in [0.05, 0.1) is 21.1 Å². The van der Waals surface area contributed by atoms with E-state index in [1.165, 1.54) is 0 Å². The zero-order chi connectivity index (χ0) is 12.3. The molecule has 0 aromatic heterocycles. The van der Waals surface area contributed by atoms with Crippen LogP contribution in [0.2, 0.25) is 0 Å². The highest BCUT2D eigenvalue weighted by Gasteiger charge is 2.15. The summed E-state index contributed by atoms with van der Waals surface area (Å²) in [4.78, 5) is 11.3. The Morgan fingerprint density at radius 2 is 1.94 bits per heavy atom. The van der Waals surface area contributed by atoms with Gasteiger partial charge in [-0.15, -0.1) is 0 Å². The smallest absolute Gasteiger partial charge is 0.310 e. The number of nitrogens with zero attached hydrogens (tertiary/aromatic N) is 1. The summed E-state index contributed by atoms with van der Waals surface area (Å²) >= 11 is 0. The van der Waals surface area contributed by atoms with E-state index in [1.807, 2.05) is 19.1 Å². The number of carbonyl (C=O) groups excluding carboxylic acids is 1. The van der Waals surface area contributed by atoms with Crippen molar-refractivity contribution in [2.24, 2.45) is 0 Å². The fourth-order valence-corrected chi connectivity index (χ4v) is 1.31. The highest BCUT2D eigenvalue weighted by atomic mass is 16.5. The molecule has 3 nitrogen and oxygen atoms in total. The van der Waals surface area contributed by atoms with E-state index < -0.39 is 0 Å². The minimum atomic E-state index is -0.193. The van der Waals surface area contributed by atoms with Gasteiger partial charge in [-0.3, -0.25) is 9.28 Å². The quantitative estimate of drug-likeness (QED) is 0.446. The molecule has 1 aromatic carbocycles. The van der Waals surface area contributed by atoms with Crippen LogP contribution in [0.1, 0.15) is 18.9 Å². The van der Waals surface area contributed by atoms with Crippen LogP contribution < -0.4 is 9.22 Å². The first-order chi connectivity index (χ1) is 7.34. The van der Waals surface area contributed by atoms with Crippen molar-refractivity contribution >= 4 is 11.7 Å². The molecule has 88 valence electrons. The Hall–Kier alpha value is -1.35. The van der Waals surface area contributed by atoms with E-state index in [0.29, 0.717) is 16.7 Å². The SMILES string of the molecule is CCC(=O)Oc1cc([N+](C)(C)C)ccc1C. The molecule has 0 bridgehead atoms. The highest BCUT2D eigenvalue weighted by Crippen LogP contribution is 2.26. The van der Waals surface area contributed by atoms with Gasteiger partial charge in [-0.05, 0) is 24.6 Å². The van der Waals surface area contributed by atoms with Crippen molar-refractivity contribution in [1.29, 1.82) is 0 Å². The number of rotatable bonds is 3. The Kier molecular flexibility index (Phi) is 3.70. The number of hydrogen-bond acceptors (Lipinski definition) is 2. The van der Waals surface area contributed by atoms with E-state index >= 15 is 0 Å². The van der Waals surface area contributed by atoms with Crippen LogP contribution in [-0.2, 0) is 4.79 Å². The van der Waals surface area contributed by atoms with Crippen molar-refractivity contribution in [3.8, 4) is 5.75 Å². The molecule has 0 unspecified atom stereocenters. The molecular formula is C13H20NO2+. The van der Waals surface area contributed by atoms with Gasteiger partial charge < -0.3 is 4.74 Å². The summed E-state index contributed by atoms with van der Waals surface area (Å²) in [7, 11) is 6.24. The summed E-state index contributed by atoms with van der Waals surface area (Å²) in [6.45, 7) is 3.74.